The van der Waals surface area contributed by atoms with E-state index in [2.05, 4.69) is 6.92 Å². The molecule has 0 unspecified atom stereocenters. The maximum absolute atomic E-state index is 5.99. The van der Waals surface area contributed by atoms with Crippen molar-refractivity contribution >= 4 is 0 Å². The normalized spacial score (nSPS) is 11.9. The van der Waals surface area contributed by atoms with Gasteiger partial charge in [-0.1, -0.05) is 37.3 Å². The third kappa shape index (κ3) is 3.52. The number of methoxy groups -OCH3 is 1. The van der Waals surface area contributed by atoms with E-state index in [1.165, 1.54) is 0 Å². The van der Waals surface area contributed by atoms with E-state index in [-0.39, 0.29) is 6.04 Å². The van der Waals surface area contributed by atoms with E-state index >= 15 is 0 Å². The first-order valence-corrected chi connectivity index (χ1v) is 6.84. The summed E-state index contributed by atoms with van der Waals surface area (Å²) in [4.78, 5) is 0. The minimum absolute atomic E-state index is 0.0956. The highest BCUT2D eigenvalue weighted by molar-refractivity contribution is 5.34. The number of benzene rings is 2. The summed E-state index contributed by atoms with van der Waals surface area (Å²) in [5.74, 6) is 1.68. The molecule has 0 heterocycles. The van der Waals surface area contributed by atoms with Crippen LogP contribution in [0.3, 0.4) is 0 Å². The third-order valence-corrected chi connectivity index (χ3v) is 3.33. The molecule has 0 spiro atoms. The summed E-state index contributed by atoms with van der Waals surface area (Å²) in [6.45, 7) is 2.57. The molecule has 0 saturated heterocycles. The highest BCUT2D eigenvalue weighted by Gasteiger charge is 2.05. The van der Waals surface area contributed by atoms with Crippen LogP contribution < -0.4 is 15.2 Å². The molecule has 1 atom stereocenters. The largest absolute Gasteiger partial charge is 0.496 e. The second-order valence-corrected chi connectivity index (χ2v) is 4.68. The van der Waals surface area contributed by atoms with Crippen LogP contribution in [0.25, 0.3) is 0 Å². The zero-order valence-corrected chi connectivity index (χ0v) is 12.0. The van der Waals surface area contributed by atoms with Crippen LogP contribution in [0, 0.1) is 0 Å². The predicted octanol–water partition coefficient (Wildman–Crippen LogP) is 3.68. The molecule has 2 aromatic rings. The van der Waals surface area contributed by atoms with Crippen molar-refractivity contribution in [3.05, 3.63) is 59.7 Å². The van der Waals surface area contributed by atoms with Crippen molar-refractivity contribution in [1.29, 1.82) is 0 Å². The molecule has 20 heavy (non-hydrogen) atoms. The number of ether oxygens (including phenoxy) is 2. The Morgan fingerprint density at radius 3 is 2.40 bits per heavy atom. The van der Waals surface area contributed by atoms with Crippen LogP contribution in [0.1, 0.15) is 30.5 Å². The third-order valence-electron chi connectivity index (χ3n) is 3.33. The quantitative estimate of drug-likeness (QED) is 0.871. The summed E-state index contributed by atoms with van der Waals surface area (Å²) in [6, 6.07) is 15.9. The topological polar surface area (TPSA) is 44.5 Å². The molecule has 3 heteroatoms. The molecule has 106 valence electrons. The summed E-state index contributed by atoms with van der Waals surface area (Å²) in [7, 11) is 1.67. The van der Waals surface area contributed by atoms with Crippen molar-refractivity contribution < 1.29 is 9.47 Å². The maximum Gasteiger partial charge on any atom is 0.125 e. The second-order valence-electron chi connectivity index (χ2n) is 4.68. The van der Waals surface area contributed by atoms with Crippen LogP contribution in [0.2, 0.25) is 0 Å². The number of para-hydroxylation sites is 1. The van der Waals surface area contributed by atoms with Crippen LogP contribution in [0.4, 0.5) is 0 Å². The molecule has 0 aliphatic rings. The standard InChI is InChI=1S/C17H21NO2/c1-3-16(18)13-8-10-15(11-9-13)20-12-14-6-4-5-7-17(14)19-2/h4-11,16H,3,12,18H2,1-2H3/t16-/m0/s1. The molecule has 2 aromatic carbocycles. The van der Waals surface area contributed by atoms with Crippen molar-refractivity contribution in [3.63, 3.8) is 0 Å². The summed E-state index contributed by atoms with van der Waals surface area (Å²) in [6.07, 6.45) is 0.932. The minimum atomic E-state index is 0.0956. The Kier molecular flexibility index (Phi) is 5.02. The van der Waals surface area contributed by atoms with Gasteiger partial charge in [0, 0.05) is 11.6 Å². The molecule has 0 aromatic heterocycles. The summed E-state index contributed by atoms with van der Waals surface area (Å²) in [5, 5.41) is 0. The highest BCUT2D eigenvalue weighted by Crippen LogP contribution is 2.22. The molecular weight excluding hydrogens is 250 g/mol. The highest BCUT2D eigenvalue weighted by atomic mass is 16.5. The zero-order chi connectivity index (χ0) is 14.4. The van der Waals surface area contributed by atoms with Gasteiger partial charge in [-0.05, 0) is 30.2 Å². The number of hydrogen-bond donors (Lipinski definition) is 1. The van der Waals surface area contributed by atoms with Crippen LogP contribution in [-0.4, -0.2) is 7.11 Å². The predicted molar refractivity (Wildman–Crippen MR) is 81.0 cm³/mol. The maximum atomic E-state index is 5.99. The summed E-state index contributed by atoms with van der Waals surface area (Å²) >= 11 is 0. The Morgan fingerprint density at radius 1 is 1.05 bits per heavy atom. The van der Waals surface area contributed by atoms with Gasteiger partial charge in [0.2, 0.25) is 0 Å². The van der Waals surface area contributed by atoms with Crippen LogP contribution in [0.5, 0.6) is 11.5 Å². The van der Waals surface area contributed by atoms with Crippen molar-refractivity contribution in [2.75, 3.05) is 7.11 Å². The van der Waals surface area contributed by atoms with E-state index in [4.69, 9.17) is 15.2 Å². The molecule has 2 rings (SSSR count). The summed E-state index contributed by atoms with van der Waals surface area (Å²) in [5.41, 5.74) is 8.16. The first-order valence-electron chi connectivity index (χ1n) is 6.84. The van der Waals surface area contributed by atoms with Gasteiger partial charge >= 0.3 is 0 Å². The monoisotopic (exact) mass is 271 g/mol. The molecule has 0 bridgehead atoms. The van der Waals surface area contributed by atoms with Gasteiger partial charge in [-0.2, -0.15) is 0 Å². The first-order chi connectivity index (χ1) is 9.74. The van der Waals surface area contributed by atoms with Gasteiger partial charge in [0.05, 0.1) is 7.11 Å². The van der Waals surface area contributed by atoms with Crippen LogP contribution in [0.15, 0.2) is 48.5 Å². The fourth-order valence-electron chi connectivity index (χ4n) is 2.03. The lowest BCUT2D eigenvalue weighted by Gasteiger charge is -2.12. The summed E-state index contributed by atoms with van der Waals surface area (Å²) < 4.78 is 11.1. The number of hydrogen-bond acceptors (Lipinski definition) is 3. The van der Waals surface area contributed by atoms with Crippen molar-refractivity contribution in [1.82, 2.24) is 0 Å². The van der Waals surface area contributed by atoms with Gasteiger partial charge < -0.3 is 15.2 Å². The van der Waals surface area contributed by atoms with Crippen molar-refractivity contribution in [2.24, 2.45) is 5.73 Å². The van der Waals surface area contributed by atoms with Gasteiger partial charge in [0.1, 0.15) is 18.1 Å². The van der Waals surface area contributed by atoms with Gasteiger partial charge in [0.15, 0.2) is 0 Å². The molecule has 0 aliphatic carbocycles. The van der Waals surface area contributed by atoms with E-state index in [1.54, 1.807) is 7.11 Å². The van der Waals surface area contributed by atoms with E-state index in [0.29, 0.717) is 6.61 Å². The van der Waals surface area contributed by atoms with Crippen molar-refractivity contribution in [2.45, 2.75) is 26.0 Å². The van der Waals surface area contributed by atoms with Gasteiger partial charge in [0.25, 0.3) is 0 Å². The van der Waals surface area contributed by atoms with E-state index in [1.807, 2.05) is 48.5 Å². The average Bonchev–Trinajstić information content (AvgIpc) is 2.53. The Bertz CT molecular complexity index is 537. The fraction of sp³-hybridized carbons (Fsp3) is 0.294. The van der Waals surface area contributed by atoms with Crippen LogP contribution in [-0.2, 0) is 6.61 Å². The number of rotatable bonds is 6. The first kappa shape index (κ1) is 14.4. The number of nitrogens with two attached hydrogens (primary N) is 1. The van der Waals surface area contributed by atoms with E-state index < -0.39 is 0 Å². The molecule has 2 N–H and O–H groups in total. The molecule has 0 amide bonds. The van der Waals surface area contributed by atoms with E-state index in [0.717, 1.165) is 29.0 Å². The van der Waals surface area contributed by atoms with Crippen molar-refractivity contribution in [3.8, 4) is 11.5 Å². The Morgan fingerprint density at radius 2 is 1.75 bits per heavy atom. The van der Waals surface area contributed by atoms with Gasteiger partial charge in [-0.15, -0.1) is 0 Å². The second kappa shape index (κ2) is 6.96. The molecule has 0 aliphatic heterocycles. The Labute approximate surface area is 120 Å². The molecule has 3 nitrogen and oxygen atoms in total. The minimum Gasteiger partial charge on any atom is -0.496 e. The lowest BCUT2D eigenvalue weighted by Crippen LogP contribution is -2.08. The Hall–Kier alpha value is -2.00. The van der Waals surface area contributed by atoms with Gasteiger partial charge in [-0.25, -0.2) is 0 Å². The Balaban J connectivity index is 2.00. The average molecular weight is 271 g/mol. The van der Waals surface area contributed by atoms with Gasteiger partial charge in [-0.3, -0.25) is 0 Å². The molecule has 0 saturated carbocycles. The lowest BCUT2D eigenvalue weighted by atomic mass is 10.1. The van der Waals surface area contributed by atoms with Crippen LogP contribution >= 0.6 is 0 Å². The smallest absolute Gasteiger partial charge is 0.125 e. The zero-order valence-electron chi connectivity index (χ0n) is 12.0. The molecule has 0 fully saturated rings. The fourth-order valence-corrected chi connectivity index (χ4v) is 2.03. The SMILES string of the molecule is CC[C@H](N)c1ccc(OCc2ccccc2OC)cc1. The molecular formula is C17H21NO2. The van der Waals surface area contributed by atoms with E-state index in [9.17, 15) is 0 Å². The lowest BCUT2D eigenvalue weighted by molar-refractivity contribution is 0.296. The molecule has 0 radical (unpaired) electrons.